The van der Waals surface area contributed by atoms with Crippen LogP contribution in [0.2, 0.25) is 0 Å². The van der Waals surface area contributed by atoms with Gasteiger partial charge in [-0.3, -0.25) is 0 Å². The Morgan fingerprint density at radius 3 is 2.70 bits per heavy atom. The number of nitrogens with zero attached hydrogens (tertiary/aromatic N) is 2. The summed E-state index contributed by atoms with van der Waals surface area (Å²) < 4.78 is 10.3. The van der Waals surface area contributed by atoms with Crippen LogP contribution in [0.1, 0.15) is 40.4 Å². The number of carbonyl (C=O) groups is 1. The Balaban J connectivity index is 1.99. The van der Waals surface area contributed by atoms with E-state index in [1.165, 1.54) is 7.11 Å². The Labute approximate surface area is 118 Å². The smallest absolute Gasteiger partial charge is 0.339 e. The molecule has 0 spiro atoms. The number of pyridine rings is 1. The summed E-state index contributed by atoms with van der Waals surface area (Å²) in [5, 5.41) is 0. The maximum Gasteiger partial charge on any atom is 0.339 e. The van der Waals surface area contributed by atoms with E-state index in [1.807, 2.05) is 13.0 Å². The van der Waals surface area contributed by atoms with Gasteiger partial charge in [0.25, 0.3) is 0 Å². The molecule has 1 aromatic rings. The summed E-state index contributed by atoms with van der Waals surface area (Å²) in [5.41, 5.74) is 2.53. The first-order valence-electron chi connectivity index (χ1n) is 7.13. The molecule has 0 N–H and O–H groups in total. The molecule has 0 unspecified atom stereocenters. The van der Waals surface area contributed by atoms with E-state index in [-0.39, 0.29) is 5.97 Å². The largest absolute Gasteiger partial charge is 0.465 e. The molecule has 3 rings (SSSR count). The fourth-order valence-corrected chi connectivity index (χ4v) is 2.65. The van der Waals surface area contributed by atoms with Crippen molar-refractivity contribution in [2.45, 2.75) is 25.7 Å². The fourth-order valence-electron chi connectivity index (χ4n) is 2.65. The van der Waals surface area contributed by atoms with Gasteiger partial charge < -0.3 is 14.4 Å². The third-order valence-corrected chi connectivity index (χ3v) is 3.92. The molecule has 5 heteroatoms. The van der Waals surface area contributed by atoms with E-state index in [1.54, 1.807) is 0 Å². The third kappa shape index (κ3) is 2.50. The summed E-state index contributed by atoms with van der Waals surface area (Å²) in [5.74, 6) is 1.11. The molecule has 1 saturated carbocycles. The minimum absolute atomic E-state index is 0.273. The van der Waals surface area contributed by atoms with Crippen molar-refractivity contribution < 1.29 is 14.3 Å². The van der Waals surface area contributed by atoms with E-state index in [0.717, 1.165) is 56.2 Å². The summed E-state index contributed by atoms with van der Waals surface area (Å²) in [6.45, 7) is 5.14. The number of esters is 1. The first-order valence-corrected chi connectivity index (χ1v) is 7.13. The maximum atomic E-state index is 12.0. The van der Waals surface area contributed by atoms with Crippen molar-refractivity contribution in [2.75, 3.05) is 38.3 Å². The van der Waals surface area contributed by atoms with Crippen LogP contribution in [0.4, 0.5) is 5.82 Å². The van der Waals surface area contributed by atoms with E-state index < -0.39 is 0 Å². The Hall–Kier alpha value is -1.62. The molecule has 1 aromatic heterocycles. The molecule has 1 aliphatic carbocycles. The molecule has 0 bridgehead atoms. The molecule has 0 atom stereocenters. The molecule has 5 nitrogen and oxygen atoms in total. The van der Waals surface area contributed by atoms with Gasteiger partial charge in [0.1, 0.15) is 5.82 Å². The molecule has 0 amide bonds. The van der Waals surface area contributed by atoms with Crippen molar-refractivity contribution in [1.29, 1.82) is 0 Å². The van der Waals surface area contributed by atoms with Gasteiger partial charge in [0.15, 0.2) is 0 Å². The highest BCUT2D eigenvalue weighted by molar-refractivity contribution is 5.93. The summed E-state index contributed by atoms with van der Waals surface area (Å²) in [4.78, 5) is 19.0. The van der Waals surface area contributed by atoms with Crippen molar-refractivity contribution >= 4 is 11.8 Å². The minimum Gasteiger partial charge on any atom is -0.465 e. The number of methoxy groups -OCH3 is 1. The van der Waals surface area contributed by atoms with Gasteiger partial charge in [-0.2, -0.15) is 0 Å². The number of aromatic nitrogens is 1. The SMILES string of the molecule is COC(=O)c1c(C)cc(N2CCOCC2)nc1C1CC1. The van der Waals surface area contributed by atoms with Crippen LogP contribution in [0.3, 0.4) is 0 Å². The molecule has 108 valence electrons. The van der Waals surface area contributed by atoms with Crippen LogP contribution in [-0.4, -0.2) is 44.4 Å². The molecule has 1 saturated heterocycles. The number of hydrogen-bond donors (Lipinski definition) is 0. The highest BCUT2D eigenvalue weighted by Crippen LogP contribution is 2.42. The molecule has 1 aliphatic heterocycles. The lowest BCUT2D eigenvalue weighted by Crippen LogP contribution is -2.37. The van der Waals surface area contributed by atoms with E-state index in [4.69, 9.17) is 14.5 Å². The normalized spacial score (nSPS) is 19.0. The van der Waals surface area contributed by atoms with Gasteiger partial charge in [-0.15, -0.1) is 0 Å². The first-order chi connectivity index (χ1) is 9.70. The summed E-state index contributed by atoms with van der Waals surface area (Å²) in [7, 11) is 1.42. The lowest BCUT2D eigenvalue weighted by atomic mass is 10.0. The molecule has 20 heavy (non-hydrogen) atoms. The van der Waals surface area contributed by atoms with Crippen molar-refractivity contribution in [3.05, 3.63) is 22.9 Å². The predicted molar refractivity (Wildman–Crippen MR) is 75.3 cm³/mol. The van der Waals surface area contributed by atoms with Crippen LogP contribution >= 0.6 is 0 Å². The van der Waals surface area contributed by atoms with E-state index in [0.29, 0.717) is 11.5 Å². The quantitative estimate of drug-likeness (QED) is 0.789. The Kier molecular flexibility index (Phi) is 3.61. The van der Waals surface area contributed by atoms with Crippen molar-refractivity contribution in [2.24, 2.45) is 0 Å². The number of aryl methyl sites for hydroxylation is 1. The first kappa shape index (κ1) is 13.4. The number of ether oxygens (including phenoxy) is 2. The van der Waals surface area contributed by atoms with Crippen LogP contribution in [0.15, 0.2) is 6.07 Å². The monoisotopic (exact) mass is 276 g/mol. The molecule has 2 fully saturated rings. The summed E-state index contributed by atoms with van der Waals surface area (Å²) >= 11 is 0. The van der Waals surface area contributed by atoms with Gasteiger partial charge in [0.2, 0.25) is 0 Å². The lowest BCUT2D eigenvalue weighted by Gasteiger charge is -2.29. The molecule has 0 aromatic carbocycles. The zero-order valence-electron chi connectivity index (χ0n) is 12.0. The Morgan fingerprint density at radius 1 is 1.40 bits per heavy atom. The Bertz CT molecular complexity index is 520. The number of morpholine rings is 1. The van der Waals surface area contributed by atoms with Gasteiger partial charge in [-0.05, 0) is 31.4 Å². The van der Waals surface area contributed by atoms with Gasteiger partial charge in [-0.25, -0.2) is 9.78 Å². The maximum absolute atomic E-state index is 12.0. The van der Waals surface area contributed by atoms with E-state index >= 15 is 0 Å². The third-order valence-electron chi connectivity index (χ3n) is 3.92. The average Bonchev–Trinajstić information content (AvgIpc) is 3.31. The number of rotatable bonds is 3. The predicted octanol–water partition coefficient (Wildman–Crippen LogP) is 1.89. The van der Waals surface area contributed by atoms with Crippen LogP contribution < -0.4 is 4.90 Å². The summed E-state index contributed by atoms with van der Waals surface area (Å²) in [6, 6.07) is 1.99. The van der Waals surface area contributed by atoms with Gasteiger partial charge in [0, 0.05) is 19.0 Å². The highest BCUT2D eigenvalue weighted by Gasteiger charge is 2.32. The van der Waals surface area contributed by atoms with Gasteiger partial charge in [-0.1, -0.05) is 0 Å². The highest BCUT2D eigenvalue weighted by atomic mass is 16.5. The molecular weight excluding hydrogens is 256 g/mol. The van der Waals surface area contributed by atoms with Crippen molar-refractivity contribution in [3.63, 3.8) is 0 Å². The fraction of sp³-hybridized carbons (Fsp3) is 0.600. The van der Waals surface area contributed by atoms with Crippen molar-refractivity contribution in [3.8, 4) is 0 Å². The summed E-state index contributed by atoms with van der Waals surface area (Å²) in [6.07, 6.45) is 2.23. The second kappa shape index (κ2) is 5.40. The number of anilines is 1. The van der Waals surface area contributed by atoms with E-state index in [9.17, 15) is 4.79 Å². The zero-order chi connectivity index (χ0) is 14.1. The molecule has 2 aliphatic rings. The lowest BCUT2D eigenvalue weighted by molar-refractivity contribution is 0.0598. The van der Waals surface area contributed by atoms with Gasteiger partial charge >= 0.3 is 5.97 Å². The van der Waals surface area contributed by atoms with Crippen LogP contribution in [0, 0.1) is 6.92 Å². The number of carbonyl (C=O) groups excluding carboxylic acids is 1. The van der Waals surface area contributed by atoms with Gasteiger partial charge in [0.05, 0.1) is 31.6 Å². The second-order valence-corrected chi connectivity index (χ2v) is 5.42. The number of hydrogen-bond acceptors (Lipinski definition) is 5. The van der Waals surface area contributed by atoms with Crippen molar-refractivity contribution in [1.82, 2.24) is 4.98 Å². The van der Waals surface area contributed by atoms with Crippen LogP contribution in [-0.2, 0) is 9.47 Å². The topological polar surface area (TPSA) is 51.7 Å². The standard InChI is InChI=1S/C15H20N2O3/c1-10-9-12(17-5-7-20-8-6-17)16-14(11-3-4-11)13(10)15(18)19-2/h9,11H,3-8H2,1-2H3. The Morgan fingerprint density at radius 2 is 2.10 bits per heavy atom. The molecule has 2 heterocycles. The van der Waals surface area contributed by atoms with Crippen LogP contribution in [0.5, 0.6) is 0 Å². The van der Waals surface area contributed by atoms with Crippen LogP contribution in [0.25, 0.3) is 0 Å². The average molecular weight is 276 g/mol. The van der Waals surface area contributed by atoms with E-state index in [2.05, 4.69) is 4.90 Å². The molecular formula is C15H20N2O3. The zero-order valence-corrected chi connectivity index (χ0v) is 12.0. The second-order valence-electron chi connectivity index (χ2n) is 5.42. The minimum atomic E-state index is -0.273. The molecule has 0 radical (unpaired) electrons.